The third-order valence-corrected chi connectivity index (χ3v) is 5.42. The highest BCUT2D eigenvalue weighted by Crippen LogP contribution is 2.30. The molecule has 3 heteroatoms. The Balaban J connectivity index is 2.22. The van der Waals surface area contributed by atoms with Crippen molar-refractivity contribution in [3.8, 4) is 5.75 Å². The van der Waals surface area contributed by atoms with Gasteiger partial charge in [-0.2, -0.15) is 0 Å². The van der Waals surface area contributed by atoms with Crippen molar-refractivity contribution in [1.29, 1.82) is 0 Å². The van der Waals surface area contributed by atoms with E-state index in [1.54, 1.807) is 12.1 Å². The molecule has 152 valence electrons. The minimum absolute atomic E-state index is 0.0756. The molecule has 3 nitrogen and oxygen atoms in total. The Morgan fingerprint density at radius 3 is 2.32 bits per heavy atom. The summed E-state index contributed by atoms with van der Waals surface area (Å²) in [7, 11) is 0. The first-order chi connectivity index (χ1) is 13.4. The van der Waals surface area contributed by atoms with Gasteiger partial charge in [-0.1, -0.05) is 75.2 Å². The van der Waals surface area contributed by atoms with Crippen LogP contribution in [-0.2, 0) is 0 Å². The van der Waals surface area contributed by atoms with E-state index in [0.29, 0.717) is 6.42 Å². The lowest BCUT2D eigenvalue weighted by Crippen LogP contribution is -2.33. The fraction of sp³-hybridized carbons (Fsp3) is 0.440. The second kappa shape index (κ2) is 10.4. The van der Waals surface area contributed by atoms with E-state index < -0.39 is 12.2 Å². The summed E-state index contributed by atoms with van der Waals surface area (Å²) in [5.74, 6) is 0.0424. The number of hydrogen-bond donors (Lipinski definition) is 3. The second-order valence-corrected chi connectivity index (χ2v) is 7.93. The highest BCUT2D eigenvalue weighted by molar-refractivity contribution is 5.94. The van der Waals surface area contributed by atoms with E-state index in [0.717, 1.165) is 35.6 Å². The number of aromatic hydroxyl groups is 1. The van der Waals surface area contributed by atoms with E-state index in [1.807, 2.05) is 44.2 Å². The van der Waals surface area contributed by atoms with Crippen molar-refractivity contribution in [2.24, 2.45) is 11.8 Å². The van der Waals surface area contributed by atoms with Crippen LogP contribution in [0.15, 0.2) is 54.6 Å². The first-order valence-corrected chi connectivity index (χ1v) is 10.3. The summed E-state index contributed by atoms with van der Waals surface area (Å²) in [4.78, 5) is 0. The van der Waals surface area contributed by atoms with Crippen LogP contribution < -0.4 is 0 Å². The predicted octanol–water partition coefficient (Wildman–Crippen LogP) is 5.69. The number of rotatable bonds is 10. The molecule has 0 amide bonds. The second-order valence-electron chi connectivity index (χ2n) is 7.93. The summed E-state index contributed by atoms with van der Waals surface area (Å²) in [5.41, 5.74) is 2.34. The minimum Gasteiger partial charge on any atom is -0.507 e. The van der Waals surface area contributed by atoms with Crippen LogP contribution in [-0.4, -0.2) is 27.5 Å². The van der Waals surface area contributed by atoms with E-state index in [2.05, 4.69) is 19.6 Å². The van der Waals surface area contributed by atoms with Crippen molar-refractivity contribution in [3.05, 3.63) is 60.2 Å². The topological polar surface area (TPSA) is 60.7 Å². The van der Waals surface area contributed by atoms with Crippen LogP contribution in [0.5, 0.6) is 5.75 Å². The van der Waals surface area contributed by atoms with Crippen molar-refractivity contribution in [3.63, 3.8) is 0 Å². The number of phenolic OH excluding ortho intramolecular Hbond substituents is 1. The third-order valence-electron chi connectivity index (χ3n) is 5.42. The first-order valence-electron chi connectivity index (χ1n) is 10.3. The normalized spacial score (nSPS) is 15.6. The Morgan fingerprint density at radius 1 is 1.04 bits per heavy atom. The first kappa shape index (κ1) is 22.2. The Morgan fingerprint density at radius 2 is 1.71 bits per heavy atom. The molecule has 0 aliphatic rings. The van der Waals surface area contributed by atoms with Crippen LogP contribution in [0.2, 0.25) is 0 Å². The summed E-state index contributed by atoms with van der Waals surface area (Å²) < 4.78 is 0. The van der Waals surface area contributed by atoms with Gasteiger partial charge in [0.1, 0.15) is 5.75 Å². The van der Waals surface area contributed by atoms with Gasteiger partial charge in [0.25, 0.3) is 0 Å². The number of aliphatic hydroxyl groups excluding tert-OH is 2. The van der Waals surface area contributed by atoms with Gasteiger partial charge in [-0.25, -0.2) is 0 Å². The van der Waals surface area contributed by atoms with Crippen LogP contribution in [0.3, 0.4) is 0 Å². The number of fused-ring (bicyclic) bond motifs is 1. The SMILES string of the molecule is C=C[C@H]([C@H](O)CC/C(=C/c1ccc(O)c2ccccc12)CCC)[C@H](O)C(C)C. The molecule has 2 rings (SSSR count). The Labute approximate surface area is 169 Å². The standard InChI is InChI=1S/C25H34O3/c1-5-9-18(12-14-23(26)20(6-2)25(28)17(3)4)16-19-13-15-24(27)22-11-8-7-10-21(19)22/h6-8,10-11,13,15-17,20,23,25-28H,2,5,9,12,14H2,1,3-4H3/b18-16+/t20-,23-,25-/m1/s1. The zero-order valence-corrected chi connectivity index (χ0v) is 17.3. The van der Waals surface area contributed by atoms with E-state index in [9.17, 15) is 15.3 Å². The smallest absolute Gasteiger partial charge is 0.123 e. The van der Waals surface area contributed by atoms with Gasteiger partial charge in [-0.05, 0) is 42.2 Å². The average Bonchev–Trinajstić information content (AvgIpc) is 2.69. The summed E-state index contributed by atoms with van der Waals surface area (Å²) in [5, 5.41) is 32.9. The van der Waals surface area contributed by atoms with Crippen molar-refractivity contribution < 1.29 is 15.3 Å². The van der Waals surface area contributed by atoms with E-state index in [1.165, 1.54) is 5.57 Å². The molecule has 0 aliphatic heterocycles. The molecular formula is C25H34O3. The van der Waals surface area contributed by atoms with E-state index in [4.69, 9.17) is 0 Å². The largest absolute Gasteiger partial charge is 0.507 e. The van der Waals surface area contributed by atoms with E-state index >= 15 is 0 Å². The number of allylic oxidation sites excluding steroid dienone is 1. The molecule has 0 fully saturated rings. The zero-order valence-electron chi connectivity index (χ0n) is 17.3. The van der Waals surface area contributed by atoms with Gasteiger partial charge < -0.3 is 15.3 Å². The summed E-state index contributed by atoms with van der Waals surface area (Å²) in [6, 6.07) is 11.5. The lowest BCUT2D eigenvalue weighted by molar-refractivity contribution is 0.00883. The van der Waals surface area contributed by atoms with Gasteiger partial charge in [0.05, 0.1) is 12.2 Å². The fourth-order valence-electron chi connectivity index (χ4n) is 3.74. The zero-order chi connectivity index (χ0) is 20.7. The number of benzene rings is 2. The Hall–Kier alpha value is -2.10. The molecule has 3 atom stereocenters. The van der Waals surface area contributed by atoms with Crippen molar-refractivity contribution in [1.82, 2.24) is 0 Å². The molecular weight excluding hydrogens is 348 g/mol. The molecule has 0 radical (unpaired) electrons. The molecule has 0 saturated carbocycles. The molecule has 2 aromatic rings. The van der Waals surface area contributed by atoms with Crippen LogP contribution in [0.25, 0.3) is 16.8 Å². The molecule has 0 aromatic heterocycles. The number of aliphatic hydroxyl groups is 2. The predicted molar refractivity (Wildman–Crippen MR) is 118 cm³/mol. The van der Waals surface area contributed by atoms with Crippen molar-refractivity contribution in [2.45, 2.75) is 58.7 Å². The molecule has 0 saturated heterocycles. The van der Waals surface area contributed by atoms with Crippen LogP contribution in [0, 0.1) is 11.8 Å². The molecule has 0 heterocycles. The summed E-state index contributed by atoms with van der Waals surface area (Å²) >= 11 is 0. The molecule has 0 unspecified atom stereocenters. The van der Waals surface area contributed by atoms with E-state index in [-0.39, 0.29) is 17.6 Å². The van der Waals surface area contributed by atoms with Crippen molar-refractivity contribution in [2.75, 3.05) is 0 Å². The Bertz CT molecular complexity index is 807. The summed E-state index contributed by atoms with van der Waals surface area (Å²) in [6.45, 7) is 9.85. The maximum Gasteiger partial charge on any atom is 0.123 e. The highest BCUT2D eigenvalue weighted by Gasteiger charge is 2.26. The number of phenols is 1. The van der Waals surface area contributed by atoms with Gasteiger partial charge in [0, 0.05) is 11.3 Å². The highest BCUT2D eigenvalue weighted by atomic mass is 16.3. The van der Waals surface area contributed by atoms with Gasteiger partial charge in [-0.3, -0.25) is 0 Å². The molecule has 2 aromatic carbocycles. The maximum absolute atomic E-state index is 10.6. The lowest BCUT2D eigenvalue weighted by atomic mass is 9.86. The minimum atomic E-state index is -0.619. The molecule has 3 N–H and O–H groups in total. The molecule has 0 spiro atoms. The maximum atomic E-state index is 10.6. The molecule has 0 aliphatic carbocycles. The fourth-order valence-corrected chi connectivity index (χ4v) is 3.74. The Kier molecular flexibility index (Phi) is 8.28. The van der Waals surface area contributed by atoms with Gasteiger partial charge in [0.15, 0.2) is 0 Å². The average molecular weight is 383 g/mol. The van der Waals surface area contributed by atoms with Crippen molar-refractivity contribution >= 4 is 16.8 Å². The quantitative estimate of drug-likeness (QED) is 0.463. The van der Waals surface area contributed by atoms with Gasteiger partial charge in [0.2, 0.25) is 0 Å². The molecule has 0 bridgehead atoms. The molecule has 28 heavy (non-hydrogen) atoms. The van der Waals surface area contributed by atoms with Gasteiger partial charge in [-0.15, -0.1) is 6.58 Å². The van der Waals surface area contributed by atoms with Gasteiger partial charge >= 0.3 is 0 Å². The number of hydrogen-bond acceptors (Lipinski definition) is 3. The lowest BCUT2D eigenvalue weighted by Gasteiger charge is -2.27. The third kappa shape index (κ3) is 5.46. The summed E-state index contributed by atoms with van der Waals surface area (Å²) in [6.07, 6.45) is 5.97. The van der Waals surface area contributed by atoms with Crippen LogP contribution in [0.1, 0.15) is 52.0 Å². The monoisotopic (exact) mass is 382 g/mol. The van der Waals surface area contributed by atoms with Crippen LogP contribution in [0.4, 0.5) is 0 Å². The van der Waals surface area contributed by atoms with Crippen LogP contribution >= 0.6 is 0 Å².